The first-order valence-corrected chi connectivity index (χ1v) is 4.57. The van der Waals surface area contributed by atoms with Crippen LogP contribution in [0.15, 0.2) is 24.3 Å². The second-order valence-electron chi connectivity index (χ2n) is 3.27. The Morgan fingerprint density at radius 1 is 1.38 bits per heavy atom. The maximum Gasteiger partial charge on any atom is 0.0583 e. The van der Waals surface area contributed by atoms with Gasteiger partial charge in [0.05, 0.1) is 6.10 Å². The summed E-state index contributed by atoms with van der Waals surface area (Å²) in [6.45, 7) is 2.67. The number of rotatable bonds is 4. The van der Waals surface area contributed by atoms with Crippen LogP contribution in [0.3, 0.4) is 0 Å². The predicted octanol–water partition coefficient (Wildman–Crippen LogP) is 1.72. The average Bonchev–Trinajstić information content (AvgIpc) is 2.18. The van der Waals surface area contributed by atoms with Crippen LogP contribution in [0.25, 0.3) is 0 Å². The van der Waals surface area contributed by atoms with Crippen LogP contribution in [0.4, 0.5) is 0 Å². The minimum absolute atomic E-state index is 0.271. The van der Waals surface area contributed by atoms with Crippen LogP contribution >= 0.6 is 0 Å². The predicted molar refractivity (Wildman–Crippen MR) is 54.5 cm³/mol. The molecule has 0 aliphatic rings. The number of benzene rings is 1. The van der Waals surface area contributed by atoms with E-state index in [1.54, 1.807) is 7.11 Å². The first-order chi connectivity index (χ1) is 6.26. The van der Waals surface area contributed by atoms with Crippen molar-refractivity contribution in [1.82, 2.24) is 0 Å². The van der Waals surface area contributed by atoms with E-state index >= 15 is 0 Å². The highest BCUT2D eigenvalue weighted by Gasteiger charge is 2.01. The third-order valence-electron chi connectivity index (χ3n) is 2.15. The van der Waals surface area contributed by atoms with Gasteiger partial charge in [-0.05, 0) is 24.5 Å². The van der Waals surface area contributed by atoms with Crippen molar-refractivity contribution in [3.63, 3.8) is 0 Å². The van der Waals surface area contributed by atoms with Gasteiger partial charge in [0.1, 0.15) is 0 Å². The maximum absolute atomic E-state index is 5.55. The molecule has 0 fully saturated rings. The third kappa shape index (κ3) is 3.17. The van der Waals surface area contributed by atoms with Crippen LogP contribution in [-0.2, 0) is 17.7 Å². The summed E-state index contributed by atoms with van der Waals surface area (Å²) in [5.74, 6) is 0. The topological polar surface area (TPSA) is 35.2 Å². The van der Waals surface area contributed by atoms with Gasteiger partial charge in [-0.2, -0.15) is 0 Å². The van der Waals surface area contributed by atoms with E-state index in [-0.39, 0.29) is 6.10 Å². The number of ether oxygens (including phenoxy) is 1. The molecule has 0 aromatic heterocycles. The van der Waals surface area contributed by atoms with Gasteiger partial charge in [-0.25, -0.2) is 0 Å². The largest absolute Gasteiger partial charge is 0.381 e. The summed E-state index contributed by atoms with van der Waals surface area (Å²) in [6.07, 6.45) is 1.22. The maximum atomic E-state index is 5.55. The van der Waals surface area contributed by atoms with Crippen LogP contribution in [0.1, 0.15) is 18.1 Å². The molecule has 0 spiro atoms. The Bertz CT molecular complexity index is 260. The van der Waals surface area contributed by atoms with Crippen molar-refractivity contribution in [2.24, 2.45) is 5.73 Å². The lowest BCUT2D eigenvalue weighted by Gasteiger charge is -2.09. The number of methoxy groups -OCH3 is 1. The monoisotopic (exact) mass is 179 g/mol. The summed E-state index contributed by atoms with van der Waals surface area (Å²) in [5, 5.41) is 0. The molecule has 0 aliphatic carbocycles. The number of hydrogen-bond donors (Lipinski definition) is 1. The number of nitrogens with two attached hydrogens (primary N) is 1. The smallest absolute Gasteiger partial charge is 0.0583 e. The van der Waals surface area contributed by atoms with Crippen LogP contribution < -0.4 is 5.73 Å². The SMILES string of the molecule is COC(C)Cc1cccc(CN)c1. The Balaban J connectivity index is 2.66. The molecule has 13 heavy (non-hydrogen) atoms. The first kappa shape index (κ1) is 10.2. The molecule has 0 aliphatic heterocycles. The molecule has 2 heteroatoms. The molecule has 2 nitrogen and oxygen atoms in total. The second kappa shape index (κ2) is 5.00. The van der Waals surface area contributed by atoms with Gasteiger partial charge in [-0.3, -0.25) is 0 Å². The standard InChI is InChI=1S/C11H17NO/c1-9(13-2)6-10-4-3-5-11(7-10)8-12/h3-5,7,9H,6,8,12H2,1-2H3. The molecular weight excluding hydrogens is 162 g/mol. The lowest BCUT2D eigenvalue weighted by molar-refractivity contribution is 0.119. The van der Waals surface area contributed by atoms with Gasteiger partial charge in [-0.1, -0.05) is 24.3 Å². The number of hydrogen-bond acceptors (Lipinski definition) is 2. The zero-order valence-electron chi connectivity index (χ0n) is 8.29. The molecule has 0 saturated carbocycles. The molecule has 0 amide bonds. The van der Waals surface area contributed by atoms with Gasteiger partial charge < -0.3 is 10.5 Å². The second-order valence-corrected chi connectivity index (χ2v) is 3.27. The highest BCUT2D eigenvalue weighted by Crippen LogP contribution is 2.08. The summed E-state index contributed by atoms with van der Waals surface area (Å²) in [5.41, 5.74) is 8.02. The molecule has 0 saturated heterocycles. The van der Waals surface area contributed by atoms with Gasteiger partial charge in [-0.15, -0.1) is 0 Å². The minimum atomic E-state index is 0.271. The normalized spacial score (nSPS) is 12.8. The van der Waals surface area contributed by atoms with Gasteiger partial charge in [0.2, 0.25) is 0 Å². The van der Waals surface area contributed by atoms with Crippen LogP contribution in [0.5, 0.6) is 0 Å². The van der Waals surface area contributed by atoms with Gasteiger partial charge in [0, 0.05) is 13.7 Å². The molecule has 1 aromatic carbocycles. The first-order valence-electron chi connectivity index (χ1n) is 4.57. The zero-order valence-corrected chi connectivity index (χ0v) is 8.29. The fourth-order valence-corrected chi connectivity index (χ4v) is 1.30. The van der Waals surface area contributed by atoms with E-state index in [1.165, 1.54) is 11.1 Å². The Hall–Kier alpha value is -0.860. The van der Waals surface area contributed by atoms with Crippen molar-refractivity contribution < 1.29 is 4.74 Å². The van der Waals surface area contributed by atoms with Crippen molar-refractivity contribution in [1.29, 1.82) is 0 Å². The van der Waals surface area contributed by atoms with Crippen molar-refractivity contribution in [2.45, 2.75) is 26.0 Å². The van der Waals surface area contributed by atoms with E-state index in [0.29, 0.717) is 6.54 Å². The van der Waals surface area contributed by atoms with Crippen LogP contribution in [-0.4, -0.2) is 13.2 Å². The van der Waals surface area contributed by atoms with E-state index in [1.807, 2.05) is 12.1 Å². The third-order valence-corrected chi connectivity index (χ3v) is 2.15. The fourth-order valence-electron chi connectivity index (χ4n) is 1.30. The van der Waals surface area contributed by atoms with E-state index in [4.69, 9.17) is 10.5 Å². The minimum Gasteiger partial charge on any atom is -0.381 e. The zero-order chi connectivity index (χ0) is 9.68. The molecule has 0 bridgehead atoms. The Kier molecular flexibility index (Phi) is 3.93. The van der Waals surface area contributed by atoms with E-state index in [0.717, 1.165) is 6.42 Å². The highest BCUT2D eigenvalue weighted by molar-refractivity contribution is 5.23. The van der Waals surface area contributed by atoms with Gasteiger partial charge in [0.25, 0.3) is 0 Å². The lowest BCUT2D eigenvalue weighted by atomic mass is 10.1. The molecule has 72 valence electrons. The van der Waals surface area contributed by atoms with E-state index in [2.05, 4.69) is 19.1 Å². The van der Waals surface area contributed by atoms with E-state index in [9.17, 15) is 0 Å². The van der Waals surface area contributed by atoms with Gasteiger partial charge in [0.15, 0.2) is 0 Å². The molecule has 1 atom stereocenters. The molecule has 1 rings (SSSR count). The molecule has 1 aromatic rings. The van der Waals surface area contributed by atoms with Gasteiger partial charge >= 0.3 is 0 Å². The van der Waals surface area contributed by atoms with Crippen molar-refractivity contribution >= 4 is 0 Å². The molecule has 1 unspecified atom stereocenters. The van der Waals surface area contributed by atoms with Crippen molar-refractivity contribution in [3.8, 4) is 0 Å². The highest BCUT2D eigenvalue weighted by atomic mass is 16.5. The molecule has 0 heterocycles. The quantitative estimate of drug-likeness (QED) is 0.764. The summed E-state index contributed by atoms with van der Waals surface area (Å²) < 4.78 is 5.20. The Morgan fingerprint density at radius 3 is 2.69 bits per heavy atom. The Labute approximate surface area is 79.7 Å². The van der Waals surface area contributed by atoms with Crippen molar-refractivity contribution in [3.05, 3.63) is 35.4 Å². The van der Waals surface area contributed by atoms with E-state index < -0.39 is 0 Å². The summed E-state index contributed by atoms with van der Waals surface area (Å²) in [7, 11) is 1.73. The molecule has 2 N–H and O–H groups in total. The summed E-state index contributed by atoms with van der Waals surface area (Å²) >= 11 is 0. The lowest BCUT2D eigenvalue weighted by Crippen LogP contribution is -2.09. The van der Waals surface area contributed by atoms with Crippen LogP contribution in [0, 0.1) is 0 Å². The average molecular weight is 179 g/mol. The molecule has 0 radical (unpaired) electrons. The summed E-state index contributed by atoms with van der Waals surface area (Å²) in [4.78, 5) is 0. The summed E-state index contributed by atoms with van der Waals surface area (Å²) in [6, 6.07) is 8.32. The van der Waals surface area contributed by atoms with Crippen LogP contribution in [0.2, 0.25) is 0 Å². The fraction of sp³-hybridized carbons (Fsp3) is 0.455. The van der Waals surface area contributed by atoms with Crippen molar-refractivity contribution in [2.75, 3.05) is 7.11 Å². The molecular formula is C11H17NO. The Morgan fingerprint density at radius 2 is 2.08 bits per heavy atom.